The molecule has 1 saturated heterocycles. The third-order valence-electron chi connectivity index (χ3n) is 5.34. The standard InChI is InChI=1S/C23H39N5O.HI/c1-18(2)15-22(29)27-21-11-7-10-20(16-21)17-26-23(24-4)25-12-8-14-28-13-6-5-9-19(28)3;/h7,10-11,16,18-19H,5-6,8-9,12-15,17H2,1-4H3,(H,27,29)(H2,24,25,26);1H. The largest absolute Gasteiger partial charge is 0.356 e. The van der Waals surface area contributed by atoms with Crippen molar-refractivity contribution < 1.29 is 4.79 Å². The number of guanidine groups is 1. The minimum absolute atomic E-state index is 0. The van der Waals surface area contributed by atoms with Gasteiger partial charge >= 0.3 is 0 Å². The summed E-state index contributed by atoms with van der Waals surface area (Å²) < 4.78 is 0. The molecule has 170 valence electrons. The molecule has 1 heterocycles. The number of carbonyl (C=O) groups excluding carboxylic acids is 1. The first-order valence-corrected chi connectivity index (χ1v) is 11.0. The Morgan fingerprint density at radius 3 is 2.77 bits per heavy atom. The maximum absolute atomic E-state index is 12.0. The number of amides is 1. The minimum atomic E-state index is 0. The van der Waals surface area contributed by atoms with E-state index in [1.54, 1.807) is 7.05 Å². The Labute approximate surface area is 199 Å². The molecule has 30 heavy (non-hydrogen) atoms. The summed E-state index contributed by atoms with van der Waals surface area (Å²) >= 11 is 0. The second kappa shape index (κ2) is 14.6. The van der Waals surface area contributed by atoms with E-state index < -0.39 is 0 Å². The second-order valence-electron chi connectivity index (χ2n) is 8.43. The van der Waals surface area contributed by atoms with E-state index in [2.05, 4.69) is 38.8 Å². The van der Waals surface area contributed by atoms with E-state index in [0.717, 1.165) is 42.8 Å². The predicted molar refractivity (Wildman–Crippen MR) is 138 cm³/mol. The number of benzene rings is 1. The van der Waals surface area contributed by atoms with E-state index in [0.29, 0.717) is 18.9 Å². The molecule has 1 aromatic rings. The van der Waals surface area contributed by atoms with Crippen molar-refractivity contribution in [2.24, 2.45) is 10.9 Å². The van der Waals surface area contributed by atoms with Crippen molar-refractivity contribution in [3.05, 3.63) is 29.8 Å². The molecule has 0 aliphatic carbocycles. The predicted octanol–water partition coefficient (Wildman–Crippen LogP) is 4.22. The van der Waals surface area contributed by atoms with Gasteiger partial charge in [-0.1, -0.05) is 32.4 Å². The van der Waals surface area contributed by atoms with Crippen LogP contribution in [-0.2, 0) is 11.3 Å². The van der Waals surface area contributed by atoms with Crippen molar-refractivity contribution in [2.75, 3.05) is 32.0 Å². The number of carbonyl (C=O) groups is 1. The zero-order chi connectivity index (χ0) is 21.1. The average molecular weight is 530 g/mol. The second-order valence-corrected chi connectivity index (χ2v) is 8.43. The molecule has 0 radical (unpaired) electrons. The lowest BCUT2D eigenvalue weighted by molar-refractivity contribution is -0.116. The molecule has 1 aliphatic heterocycles. The lowest BCUT2D eigenvalue weighted by atomic mass is 10.0. The number of nitrogens with zero attached hydrogens (tertiary/aromatic N) is 2. The Balaban J connectivity index is 0.00000450. The van der Waals surface area contributed by atoms with E-state index >= 15 is 0 Å². The van der Waals surface area contributed by atoms with Gasteiger partial charge in [-0.05, 0) is 56.3 Å². The van der Waals surface area contributed by atoms with Gasteiger partial charge in [0, 0.05) is 44.8 Å². The topological polar surface area (TPSA) is 68.8 Å². The molecule has 1 unspecified atom stereocenters. The lowest BCUT2D eigenvalue weighted by Crippen LogP contribution is -2.41. The molecule has 1 aliphatic rings. The summed E-state index contributed by atoms with van der Waals surface area (Å²) in [5, 5.41) is 9.74. The molecule has 0 aromatic heterocycles. The number of anilines is 1. The van der Waals surface area contributed by atoms with Crippen LogP contribution in [0.2, 0.25) is 0 Å². The SMILES string of the molecule is CN=C(NCCCN1CCCCC1C)NCc1cccc(NC(=O)CC(C)C)c1.I. The highest BCUT2D eigenvalue weighted by molar-refractivity contribution is 14.0. The summed E-state index contributed by atoms with van der Waals surface area (Å²) in [7, 11) is 1.80. The van der Waals surface area contributed by atoms with Gasteiger partial charge in [0.15, 0.2) is 5.96 Å². The Hall–Kier alpha value is -1.35. The fraction of sp³-hybridized carbons (Fsp3) is 0.652. The number of hydrogen-bond acceptors (Lipinski definition) is 3. The van der Waals surface area contributed by atoms with E-state index in [4.69, 9.17) is 0 Å². The van der Waals surface area contributed by atoms with Crippen molar-refractivity contribution in [1.29, 1.82) is 0 Å². The first kappa shape index (κ1) is 26.7. The molecule has 3 N–H and O–H groups in total. The highest BCUT2D eigenvalue weighted by Crippen LogP contribution is 2.16. The van der Waals surface area contributed by atoms with Gasteiger partial charge in [0.25, 0.3) is 0 Å². The van der Waals surface area contributed by atoms with Crippen LogP contribution in [0.4, 0.5) is 5.69 Å². The molecule has 1 atom stereocenters. The smallest absolute Gasteiger partial charge is 0.224 e. The summed E-state index contributed by atoms with van der Waals surface area (Å²) in [5.41, 5.74) is 1.95. The highest BCUT2D eigenvalue weighted by atomic mass is 127. The molecule has 0 spiro atoms. The van der Waals surface area contributed by atoms with Crippen LogP contribution < -0.4 is 16.0 Å². The van der Waals surface area contributed by atoms with Gasteiger partial charge in [0.05, 0.1) is 0 Å². The Morgan fingerprint density at radius 1 is 1.27 bits per heavy atom. The van der Waals surface area contributed by atoms with Gasteiger partial charge in [0.2, 0.25) is 5.91 Å². The molecule has 7 heteroatoms. The average Bonchev–Trinajstić information content (AvgIpc) is 2.68. The van der Waals surface area contributed by atoms with Crippen LogP contribution in [0.5, 0.6) is 0 Å². The van der Waals surface area contributed by atoms with E-state index in [-0.39, 0.29) is 29.9 Å². The van der Waals surface area contributed by atoms with Crippen molar-refractivity contribution in [1.82, 2.24) is 15.5 Å². The molecule has 0 saturated carbocycles. The number of nitrogens with one attached hydrogen (secondary N) is 3. The van der Waals surface area contributed by atoms with Crippen molar-refractivity contribution in [3.63, 3.8) is 0 Å². The van der Waals surface area contributed by atoms with Crippen LogP contribution in [0.1, 0.15) is 58.4 Å². The normalized spacial score (nSPS) is 17.4. The van der Waals surface area contributed by atoms with Crippen LogP contribution in [0.25, 0.3) is 0 Å². The molecule has 1 fully saturated rings. The number of likely N-dealkylation sites (tertiary alicyclic amines) is 1. The highest BCUT2D eigenvalue weighted by Gasteiger charge is 2.17. The summed E-state index contributed by atoms with van der Waals surface area (Å²) in [6.45, 7) is 10.4. The van der Waals surface area contributed by atoms with Crippen LogP contribution in [0.15, 0.2) is 29.3 Å². The zero-order valence-electron chi connectivity index (χ0n) is 19.0. The van der Waals surface area contributed by atoms with Gasteiger partial charge < -0.3 is 20.9 Å². The van der Waals surface area contributed by atoms with Crippen molar-refractivity contribution >= 4 is 41.5 Å². The molecule has 1 amide bonds. The number of piperidine rings is 1. The first-order valence-electron chi connectivity index (χ1n) is 11.0. The van der Waals surface area contributed by atoms with E-state index in [9.17, 15) is 4.79 Å². The van der Waals surface area contributed by atoms with E-state index in [1.165, 1.54) is 25.8 Å². The van der Waals surface area contributed by atoms with Crippen molar-refractivity contribution in [3.8, 4) is 0 Å². The molecule has 0 bridgehead atoms. The molecular formula is C23H40IN5O. The lowest BCUT2D eigenvalue weighted by Gasteiger charge is -2.33. The zero-order valence-corrected chi connectivity index (χ0v) is 21.4. The summed E-state index contributed by atoms with van der Waals surface area (Å²) in [4.78, 5) is 18.9. The van der Waals surface area contributed by atoms with Gasteiger partial charge in [-0.2, -0.15) is 0 Å². The first-order chi connectivity index (χ1) is 14.0. The van der Waals surface area contributed by atoms with Crippen LogP contribution >= 0.6 is 24.0 Å². The van der Waals surface area contributed by atoms with E-state index in [1.807, 2.05) is 32.0 Å². The molecule has 6 nitrogen and oxygen atoms in total. The van der Waals surface area contributed by atoms with Crippen LogP contribution in [0, 0.1) is 5.92 Å². The molecule has 2 rings (SSSR count). The number of hydrogen-bond donors (Lipinski definition) is 3. The summed E-state index contributed by atoms with van der Waals surface area (Å²) in [6.07, 6.45) is 5.68. The maximum Gasteiger partial charge on any atom is 0.224 e. The number of halogens is 1. The van der Waals surface area contributed by atoms with Gasteiger partial charge in [-0.25, -0.2) is 0 Å². The van der Waals surface area contributed by atoms with Gasteiger partial charge in [-0.3, -0.25) is 9.79 Å². The van der Waals surface area contributed by atoms with Gasteiger partial charge in [0.1, 0.15) is 0 Å². The summed E-state index contributed by atoms with van der Waals surface area (Å²) in [6, 6.07) is 8.68. The number of rotatable bonds is 9. The summed E-state index contributed by atoms with van der Waals surface area (Å²) in [5.74, 6) is 1.23. The fourth-order valence-electron chi connectivity index (χ4n) is 3.73. The maximum atomic E-state index is 12.0. The Kier molecular flexibility index (Phi) is 13.0. The molecular weight excluding hydrogens is 489 g/mol. The van der Waals surface area contributed by atoms with Crippen molar-refractivity contribution in [2.45, 2.75) is 65.5 Å². The third-order valence-corrected chi connectivity index (χ3v) is 5.34. The third kappa shape index (κ3) is 10.1. The Morgan fingerprint density at radius 2 is 2.07 bits per heavy atom. The monoisotopic (exact) mass is 529 g/mol. The quantitative estimate of drug-likeness (QED) is 0.194. The number of aliphatic imine (C=N–C) groups is 1. The Bertz CT molecular complexity index is 665. The van der Waals surface area contributed by atoms with Crippen LogP contribution in [0.3, 0.4) is 0 Å². The minimum Gasteiger partial charge on any atom is -0.356 e. The molecule has 1 aromatic carbocycles. The fourth-order valence-corrected chi connectivity index (χ4v) is 3.73. The van der Waals surface area contributed by atoms with Crippen LogP contribution in [-0.4, -0.2) is 49.5 Å². The van der Waals surface area contributed by atoms with Gasteiger partial charge in [-0.15, -0.1) is 24.0 Å².